The van der Waals surface area contributed by atoms with Crippen molar-refractivity contribution in [1.82, 2.24) is 14.7 Å². The van der Waals surface area contributed by atoms with Crippen LogP contribution >= 0.6 is 0 Å². The van der Waals surface area contributed by atoms with Gasteiger partial charge < -0.3 is 10.0 Å². The number of hydrogen-bond acceptors (Lipinski definition) is 3. The Balaban J connectivity index is 2.06. The normalized spacial score (nSPS) is 19.8. The summed E-state index contributed by atoms with van der Waals surface area (Å²) in [6.07, 6.45) is 4.63. The minimum atomic E-state index is -0.822. The van der Waals surface area contributed by atoms with Crippen LogP contribution in [0, 0.1) is 5.92 Å². The number of piperidine rings is 1. The third-order valence-electron chi connectivity index (χ3n) is 3.26. The third-order valence-corrected chi connectivity index (χ3v) is 3.26. The van der Waals surface area contributed by atoms with Crippen LogP contribution in [-0.4, -0.2) is 44.8 Å². The van der Waals surface area contributed by atoms with Crippen LogP contribution in [0.1, 0.15) is 30.1 Å². The number of carboxylic acid groups (broad SMARTS) is 1. The molecule has 0 radical (unpaired) electrons. The van der Waals surface area contributed by atoms with Crippen molar-refractivity contribution < 1.29 is 14.7 Å². The highest BCUT2D eigenvalue weighted by molar-refractivity contribution is 5.94. The minimum absolute atomic E-state index is 0.124. The maximum atomic E-state index is 12.2. The fourth-order valence-corrected chi connectivity index (χ4v) is 2.19. The largest absolute Gasteiger partial charge is 0.481 e. The summed E-state index contributed by atoms with van der Waals surface area (Å²) in [6.45, 7) is 3.58. The Bertz CT molecular complexity index is 455. The first-order chi connectivity index (χ1) is 8.61. The van der Waals surface area contributed by atoms with Crippen molar-refractivity contribution in [3.8, 4) is 0 Å². The lowest BCUT2D eigenvalue weighted by atomic mass is 9.98. The summed E-state index contributed by atoms with van der Waals surface area (Å²) < 4.78 is 1.69. The fourth-order valence-electron chi connectivity index (χ4n) is 2.19. The van der Waals surface area contributed by atoms with Gasteiger partial charge in [-0.25, -0.2) is 0 Å². The van der Waals surface area contributed by atoms with E-state index in [4.69, 9.17) is 5.11 Å². The molecular weight excluding hydrogens is 234 g/mol. The van der Waals surface area contributed by atoms with E-state index >= 15 is 0 Å². The lowest BCUT2D eigenvalue weighted by Crippen LogP contribution is -2.42. The summed E-state index contributed by atoms with van der Waals surface area (Å²) in [5.74, 6) is -1.39. The molecule has 1 aromatic rings. The molecule has 18 heavy (non-hydrogen) atoms. The highest BCUT2D eigenvalue weighted by atomic mass is 16.4. The molecule has 0 aromatic carbocycles. The zero-order valence-electron chi connectivity index (χ0n) is 10.4. The third kappa shape index (κ3) is 2.52. The first-order valence-corrected chi connectivity index (χ1v) is 6.16. The van der Waals surface area contributed by atoms with Crippen molar-refractivity contribution in [3.05, 3.63) is 18.0 Å². The Morgan fingerprint density at radius 1 is 1.56 bits per heavy atom. The van der Waals surface area contributed by atoms with Crippen molar-refractivity contribution in [2.24, 2.45) is 5.92 Å². The van der Waals surface area contributed by atoms with Crippen molar-refractivity contribution in [1.29, 1.82) is 0 Å². The standard InChI is InChI=1S/C12H17N3O3/c1-2-15-8-10(6-13-15)11(16)14-5-3-4-9(7-14)12(17)18/h6,8-9H,2-5,7H2,1H3,(H,17,18)/t9-/m0/s1. The van der Waals surface area contributed by atoms with E-state index in [9.17, 15) is 9.59 Å². The van der Waals surface area contributed by atoms with Crippen LogP contribution in [0.25, 0.3) is 0 Å². The molecule has 1 amide bonds. The molecule has 6 heteroatoms. The first-order valence-electron chi connectivity index (χ1n) is 6.16. The average Bonchev–Trinajstić information content (AvgIpc) is 2.86. The predicted molar refractivity (Wildman–Crippen MR) is 64.2 cm³/mol. The van der Waals surface area contributed by atoms with Crippen LogP contribution < -0.4 is 0 Å². The number of aromatic nitrogens is 2. The van der Waals surface area contributed by atoms with Gasteiger partial charge in [-0.1, -0.05) is 0 Å². The monoisotopic (exact) mass is 251 g/mol. The molecule has 2 heterocycles. The molecule has 0 bridgehead atoms. The number of aliphatic carboxylic acids is 1. The summed E-state index contributed by atoms with van der Waals surface area (Å²) in [5.41, 5.74) is 0.530. The van der Waals surface area contributed by atoms with Crippen LogP contribution in [0.5, 0.6) is 0 Å². The van der Waals surface area contributed by atoms with Gasteiger partial charge >= 0.3 is 5.97 Å². The molecule has 0 spiro atoms. The molecule has 0 saturated carbocycles. The van der Waals surface area contributed by atoms with Gasteiger partial charge in [0.15, 0.2) is 0 Å². The van der Waals surface area contributed by atoms with Crippen LogP contribution in [0.2, 0.25) is 0 Å². The summed E-state index contributed by atoms with van der Waals surface area (Å²) >= 11 is 0. The average molecular weight is 251 g/mol. The quantitative estimate of drug-likeness (QED) is 0.863. The second-order valence-electron chi connectivity index (χ2n) is 4.51. The summed E-state index contributed by atoms with van der Waals surface area (Å²) in [6, 6.07) is 0. The first kappa shape index (κ1) is 12.6. The molecule has 6 nitrogen and oxygen atoms in total. The molecule has 2 rings (SSSR count). The number of carbonyl (C=O) groups excluding carboxylic acids is 1. The van der Waals surface area contributed by atoms with Crippen molar-refractivity contribution >= 4 is 11.9 Å². The second kappa shape index (κ2) is 5.20. The van der Waals surface area contributed by atoms with Crippen molar-refractivity contribution in [2.75, 3.05) is 13.1 Å². The molecule has 98 valence electrons. The highest BCUT2D eigenvalue weighted by Gasteiger charge is 2.28. The second-order valence-corrected chi connectivity index (χ2v) is 4.51. The van der Waals surface area contributed by atoms with E-state index in [0.717, 1.165) is 6.42 Å². The van der Waals surface area contributed by atoms with Gasteiger partial charge in [0, 0.05) is 25.8 Å². The Kier molecular flexibility index (Phi) is 3.64. The number of carbonyl (C=O) groups is 2. The van der Waals surface area contributed by atoms with Crippen LogP contribution in [0.15, 0.2) is 12.4 Å². The van der Waals surface area contributed by atoms with E-state index in [1.807, 2.05) is 6.92 Å². The van der Waals surface area contributed by atoms with Gasteiger partial charge in [0.1, 0.15) is 0 Å². The van der Waals surface area contributed by atoms with E-state index in [1.54, 1.807) is 15.8 Å². The Morgan fingerprint density at radius 3 is 2.94 bits per heavy atom. The van der Waals surface area contributed by atoms with E-state index in [0.29, 0.717) is 31.6 Å². The van der Waals surface area contributed by atoms with Gasteiger partial charge in [-0.3, -0.25) is 14.3 Å². The maximum absolute atomic E-state index is 12.2. The smallest absolute Gasteiger partial charge is 0.308 e. The fraction of sp³-hybridized carbons (Fsp3) is 0.583. The Labute approximate surface area is 105 Å². The summed E-state index contributed by atoms with van der Waals surface area (Å²) in [7, 11) is 0. The molecule has 1 aliphatic rings. The SMILES string of the molecule is CCn1cc(C(=O)N2CCC[C@H](C(=O)O)C2)cn1. The van der Waals surface area contributed by atoms with E-state index < -0.39 is 11.9 Å². The molecule has 1 atom stereocenters. The molecule has 1 N–H and O–H groups in total. The van der Waals surface area contributed by atoms with Crippen LogP contribution in [0.3, 0.4) is 0 Å². The van der Waals surface area contributed by atoms with E-state index in [1.165, 1.54) is 6.20 Å². The Hall–Kier alpha value is -1.85. The van der Waals surface area contributed by atoms with E-state index in [2.05, 4.69) is 5.10 Å². The number of nitrogens with zero attached hydrogens (tertiary/aromatic N) is 3. The van der Waals surface area contributed by atoms with Gasteiger partial charge in [-0.2, -0.15) is 5.10 Å². The van der Waals surface area contributed by atoms with Gasteiger partial charge in [0.2, 0.25) is 0 Å². The molecule has 1 aliphatic heterocycles. The van der Waals surface area contributed by atoms with Gasteiger partial charge in [-0.15, -0.1) is 0 Å². The summed E-state index contributed by atoms with van der Waals surface area (Å²) in [5, 5.41) is 13.1. The minimum Gasteiger partial charge on any atom is -0.481 e. The highest BCUT2D eigenvalue weighted by Crippen LogP contribution is 2.18. The number of aryl methyl sites for hydroxylation is 1. The molecule has 0 aliphatic carbocycles. The maximum Gasteiger partial charge on any atom is 0.308 e. The zero-order valence-corrected chi connectivity index (χ0v) is 10.4. The van der Waals surface area contributed by atoms with Crippen molar-refractivity contribution in [2.45, 2.75) is 26.3 Å². The molecule has 1 aromatic heterocycles. The van der Waals surface area contributed by atoms with Crippen LogP contribution in [0.4, 0.5) is 0 Å². The van der Waals surface area contributed by atoms with Gasteiger partial charge in [-0.05, 0) is 19.8 Å². The van der Waals surface area contributed by atoms with E-state index in [-0.39, 0.29) is 5.91 Å². The number of amides is 1. The van der Waals surface area contributed by atoms with Gasteiger partial charge in [0.05, 0.1) is 17.7 Å². The molecule has 1 saturated heterocycles. The predicted octanol–water partition coefficient (Wildman–Crippen LogP) is 0.840. The lowest BCUT2D eigenvalue weighted by Gasteiger charge is -2.30. The molecule has 0 unspecified atom stereocenters. The number of likely N-dealkylation sites (tertiary alicyclic amines) is 1. The van der Waals surface area contributed by atoms with Crippen LogP contribution in [-0.2, 0) is 11.3 Å². The summed E-state index contributed by atoms with van der Waals surface area (Å²) in [4.78, 5) is 24.7. The van der Waals surface area contributed by atoms with Gasteiger partial charge in [0.25, 0.3) is 5.91 Å². The Morgan fingerprint density at radius 2 is 2.33 bits per heavy atom. The number of carboxylic acids is 1. The van der Waals surface area contributed by atoms with Crippen molar-refractivity contribution in [3.63, 3.8) is 0 Å². The topological polar surface area (TPSA) is 75.4 Å². The molecular formula is C12H17N3O3. The number of hydrogen-bond donors (Lipinski definition) is 1. The zero-order chi connectivity index (χ0) is 13.1. The number of rotatable bonds is 3. The lowest BCUT2D eigenvalue weighted by molar-refractivity contribution is -0.143. The molecule has 1 fully saturated rings.